The van der Waals surface area contributed by atoms with Gasteiger partial charge in [-0.05, 0) is 44.2 Å². The second kappa shape index (κ2) is 6.03. The summed E-state index contributed by atoms with van der Waals surface area (Å²) in [5.41, 5.74) is 3.44. The summed E-state index contributed by atoms with van der Waals surface area (Å²) in [6.45, 7) is 6.15. The van der Waals surface area contributed by atoms with Crippen molar-refractivity contribution in [3.05, 3.63) is 46.7 Å². The Balaban J connectivity index is 2.17. The predicted molar refractivity (Wildman–Crippen MR) is 75.3 cm³/mol. The van der Waals surface area contributed by atoms with Gasteiger partial charge in [0.25, 0.3) is 0 Å². The van der Waals surface area contributed by atoms with Crippen LogP contribution in [0.2, 0.25) is 5.02 Å². The number of aromatic nitrogens is 2. The van der Waals surface area contributed by atoms with Crippen molar-refractivity contribution in [1.82, 2.24) is 15.1 Å². The maximum Gasteiger partial charge on any atom is 0.0649 e. The molecule has 4 heteroatoms. The predicted octanol–water partition coefficient (Wildman–Crippen LogP) is 3.33. The van der Waals surface area contributed by atoms with Gasteiger partial charge in [-0.15, -0.1) is 0 Å². The molecule has 0 amide bonds. The average Bonchev–Trinajstić information content (AvgIpc) is 2.73. The number of benzene rings is 1. The monoisotopic (exact) mass is 263 g/mol. The lowest BCUT2D eigenvalue weighted by Crippen LogP contribution is -2.14. The molecule has 0 fully saturated rings. The zero-order chi connectivity index (χ0) is 13.0. The van der Waals surface area contributed by atoms with E-state index in [-0.39, 0.29) is 0 Å². The van der Waals surface area contributed by atoms with Crippen LogP contribution in [-0.2, 0) is 6.54 Å². The van der Waals surface area contributed by atoms with E-state index >= 15 is 0 Å². The van der Waals surface area contributed by atoms with Crippen LogP contribution in [-0.4, -0.2) is 16.3 Å². The van der Waals surface area contributed by atoms with Crippen molar-refractivity contribution in [2.45, 2.75) is 26.8 Å². The smallest absolute Gasteiger partial charge is 0.0649 e. The second-order valence-corrected chi connectivity index (χ2v) is 4.76. The number of hydrogen-bond donors (Lipinski definition) is 1. The molecule has 0 saturated heterocycles. The highest BCUT2D eigenvalue weighted by Crippen LogP contribution is 2.16. The van der Waals surface area contributed by atoms with Gasteiger partial charge in [0.05, 0.1) is 11.9 Å². The third-order valence-electron chi connectivity index (χ3n) is 2.92. The molecule has 0 unspecified atom stereocenters. The minimum atomic E-state index is 0.744. The lowest BCUT2D eigenvalue weighted by molar-refractivity contribution is 0.672. The molecule has 0 atom stereocenters. The molecular formula is C14H18ClN3. The third kappa shape index (κ3) is 2.92. The minimum absolute atomic E-state index is 0.744. The van der Waals surface area contributed by atoms with Crippen molar-refractivity contribution in [2.24, 2.45) is 0 Å². The van der Waals surface area contributed by atoms with Crippen LogP contribution in [0.5, 0.6) is 0 Å². The molecule has 0 aliphatic rings. The van der Waals surface area contributed by atoms with E-state index in [1.165, 1.54) is 11.3 Å². The zero-order valence-corrected chi connectivity index (χ0v) is 11.5. The van der Waals surface area contributed by atoms with Crippen molar-refractivity contribution < 1.29 is 0 Å². The largest absolute Gasteiger partial charge is 0.313 e. The summed E-state index contributed by atoms with van der Waals surface area (Å²) in [5, 5.41) is 8.56. The molecule has 2 rings (SSSR count). The first kappa shape index (κ1) is 13.1. The second-order valence-electron chi connectivity index (χ2n) is 4.32. The summed E-state index contributed by atoms with van der Waals surface area (Å²) in [6, 6.07) is 7.72. The molecular weight excluding hydrogens is 246 g/mol. The lowest BCUT2D eigenvalue weighted by atomic mass is 10.2. The van der Waals surface area contributed by atoms with E-state index in [1.807, 2.05) is 35.1 Å². The standard InChI is InChI=1S/C14H18ClN3/c1-3-8-16-9-12-10-17-18(11(12)2)14-6-4-13(15)5-7-14/h4-7,10,16H,3,8-9H2,1-2H3. The van der Waals surface area contributed by atoms with Crippen LogP contribution in [0.25, 0.3) is 5.69 Å². The molecule has 0 bridgehead atoms. The molecule has 1 heterocycles. The lowest BCUT2D eigenvalue weighted by Gasteiger charge is -2.06. The number of rotatable bonds is 5. The van der Waals surface area contributed by atoms with Gasteiger partial charge in [0.15, 0.2) is 0 Å². The Hall–Kier alpha value is -1.32. The first-order chi connectivity index (χ1) is 8.72. The summed E-state index contributed by atoms with van der Waals surface area (Å²) in [5.74, 6) is 0. The maximum atomic E-state index is 5.89. The fourth-order valence-electron chi connectivity index (χ4n) is 1.86. The minimum Gasteiger partial charge on any atom is -0.313 e. The molecule has 1 aromatic carbocycles. The average molecular weight is 264 g/mol. The summed E-state index contributed by atoms with van der Waals surface area (Å²) < 4.78 is 1.94. The summed E-state index contributed by atoms with van der Waals surface area (Å²) >= 11 is 5.89. The molecule has 1 N–H and O–H groups in total. The Labute approximate surface area is 113 Å². The SMILES string of the molecule is CCCNCc1cnn(-c2ccc(Cl)cc2)c1C. The molecule has 0 aliphatic heterocycles. The van der Waals surface area contributed by atoms with E-state index in [0.717, 1.165) is 30.2 Å². The summed E-state index contributed by atoms with van der Waals surface area (Å²) in [6.07, 6.45) is 3.07. The zero-order valence-electron chi connectivity index (χ0n) is 10.8. The van der Waals surface area contributed by atoms with Gasteiger partial charge in [-0.2, -0.15) is 5.10 Å². The first-order valence-corrected chi connectivity index (χ1v) is 6.60. The molecule has 3 nitrogen and oxygen atoms in total. The van der Waals surface area contributed by atoms with E-state index < -0.39 is 0 Å². The highest BCUT2D eigenvalue weighted by molar-refractivity contribution is 6.30. The molecule has 0 aliphatic carbocycles. The van der Waals surface area contributed by atoms with Crippen LogP contribution < -0.4 is 5.32 Å². The molecule has 0 spiro atoms. The Morgan fingerprint density at radius 3 is 2.67 bits per heavy atom. The normalized spacial score (nSPS) is 10.8. The molecule has 2 aromatic rings. The van der Waals surface area contributed by atoms with E-state index in [2.05, 4.69) is 24.3 Å². The van der Waals surface area contributed by atoms with E-state index in [4.69, 9.17) is 11.6 Å². The Morgan fingerprint density at radius 2 is 2.00 bits per heavy atom. The molecule has 1 aromatic heterocycles. The van der Waals surface area contributed by atoms with Crippen molar-refractivity contribution in [3.8, 4) is 5.69 Å². The van der Waals surface area contributed by atoms with Gasteiger partial charge in [-0.1, -0.05) is 18.5 Å². The van der Waals surface area contributed by atoms with Crippen molar-refractivity contribution in [1.29, 1.82) is 0 Å². The topological polar surface area (TPSA) is 29.9 Å². The molecule has 96 valence electrons. The fraction of sp³-hybridized carbons (Fsp3) is 0.357. The van der Waals surface area contributed by atoms with Crippen molar-refractivity contribution >= 4 is 11.6 Å². The van der Waals surface area contributed by atoms with Gasteiger partial charge in [-0.3, -0.25) is 0 Å². The number of halogens is 1. The van der Waals surface area contributed by atoms with Gasteiger partial charge in [-0.25, -0.2) is 4.68 Å². The molecule has 0 radical (unpaired) electrons. The van der Waals surface area contributed by atoms with Gasteiger partial charge in [0.2, 0.25) is 0 Å². The van der Waals surface area contributed by atoms with E-state index in [9.17, 15) is 0 Å². The van der Waals surface area contributed by atoms with Crippen LogP contribution in [0.15, 0.2) is 30.5 Å². The summed E-state index contributed by atoms with van der Waals surface area (Å²) in [7, 11) is 0. The Morgan fingerprint density at radius 1 is 1.28 bits per heavy atom. The molecule has 18 heavy (non-hydrogen) atoms. The summed E-state index contributed by atoms with van der Waals surface area (Å²) in [4.78, 5) is 0. The number of nitrogens with one attached hydrogen (secondary N) is 1. The number of hydrogen-bond acceptors (Lipinski definition) is 2. The van der Waals surface area contributed by atoms with E-state index in [0.29, 0.717) is 0 Å². The van der Waals surface area contributed by atoms with E-state index in [1.54, 1.807) is 0 Å². The van der Waals surface area contributed by atoms with Crippen LogP contribution in [0.4, 0.5) is 0 Å². The van der Waals surface area contributed by atoms with Crippen LogP contribution in [0, 0.1) is 6.92 Å². The first-order valence-electron chi connectivity index (χ1n) is 6.22. The van der Waals surface area contributed by atoms with Crippen LogP contribution >= 0.6 is 11.6 Å². The van der Waals surface area contributed by atoms with Crippen molar-refractivity contribution in [2.75, 3.05) is 6.54 Å². The Kier molecular flexibility index (Phi) is 4.39. The van der Waals surface area contributed by atoms with Gasteiger partial charge in [0, 0.05) is 22.8 Å². The van der Waals surface area contributed by atoms with Gasteiger partial charge in [0.1, 0.15) is 0 Å². The Bertz CT molecular complexity index is 502. The fourth-order valence-corrected chi connectivity index (χ4v) is 1.99. The van der Waals surface area contributed by atoms with Crippen LogP contribution in [0.3, 0.4) is 0 Å². The third-order valence-corrected chi connectivity index (χ3v) is 3.18. The highest BCUT2D eigenvalue weighted by Gasteiger charge is 2.07. The maximum absolute atomic E-state index is 5.89. The van der Waals surface area contributed by atoms with Crippen LogP contribution in [0.1, 0.15) is 24.6 Å². The number of nitrogens with zero attached hydrogens (tertiary/aromatic N) is 2. The molecule has 0 saturated carbocycles. The van der Waals surface area contributed by atoms with Crippen molar-refractivity contribution in [3.63, 3.8) is 0 Å². The quantitative estimate of drug-likeness (QED) is 0.839. The highest BCUT2D eigenvalue weighted by atomic mass is 35.5. The van der Waals surface area contributed by atoms with Gasteiger partial charge < -0.3 is 5.32 Å². The van der Waals surface area contributed by atoms with Gasteiger partial charge >= 0.3 is 0 Å².